The third-order valence-electron chi connectivity index (χ3n) is 4.09. The van der Waals surface area contributed by atoms with Crippen LogP contribution in [0.5, 0.6) is 5.75 Å². The van der Waals surface area contributed by atoms with Crippen molar-refractivity contribution < 1.29 is 27.5 Å². The van der Waals surface area contributed by atoms with E-state index in [1.165, 1.54) is 18.3 Å². The summed E-state index contributed by atoms with van der Waals surface area (Å²) in [7, 11) is 0. The number of alkyl halides is 3. The number of aliphatic hydroxyl groups excluding tert-OH is 1. The van der Waals surface area contributed by atoms with E-state index in [-0.39, 0.29) is 57.1 Å². The maximum atomic E-state index is 13.0. The summed E-state index contributed by atoms with van der Waals surface area (Å²) in [6, 6.07) is 3.69. The molecule has 0 bridgehead atoms. The molecule has 0 aliphatic rings. The molecular formula is C18H10Cl3F3N4O3. The van der Waals surface area contributed by atoms with Gasteiger partial charge in [0.2, 0.25) is 5.82 Å². The van der Waals surface area contributed by atoms with Gasteiger partial charge in [-0.3, -0.25) is 0 Å². The Morgan fingerprint density at radius 2 is 1.81 bits per heavy atom. The summed E-state index contributed by atoms with van der Waals surface area (Å²) in [5.41, 5.74) is -0.384. The molecule has 0 saturated carbocycles. The van der Waals surface area contributed by atoms with Crippen LogP contribution in [-0.4, -0.2) is 37.8 Å². The average Bonchev–Trinajstić information content (AvgIpc) is 3.34. The molecular weight excluding hydrogens is 484 g/mol. The number of ether oxygens (including phenoxy) is 1. The lowest BCUT2D eigenvalue weighted by atomic mass is 10.2. The fourth-order valence-corrected chi connectivity index (χ4v) is 3.43. The van der Waals surface area contributed by atoms with E-state index < -0.39 is 11.7 Å². The summed E-state index contributed by atoms with van der Waals surface area (Å²) >= 11 is 18.4. The van der Waals surface area contributed by atoms with Crippen molar-refractivity contribution in [3.8, 4) is 28.7 Å². The first-order chi connectivity index (χ1) is 14.7. The highest BCUT2D eigenvalue weighted by Gasteiger charge is 2.32. The highest BCUT2D eigenvalue weighted by atomic mass is 35.5. The second-order valence-electron chi connectivity index (χ2n) is 6.19. The van der Waals surface area contributed by atoms with E-state index in [1.807, 2.05) is 0 Å². The molecule has 1 N–H and O–H groups in total. The third kappa shape index (κ3) is 4.29. The minimum atomic E-state index is -4.57. The van der Waals surface area contributed by atoms with Gasteiger partial charge in [-0.1, -0.05) is 40.0 Å². The molecule has 0 aliphatic carbocycles. The molecule has 4 aromatic rings. The SMILES string of the molecule is OCCOc1cc(Cl)c(-c2noc(-c3cn4cc(C(F)(F)F)cc(Cl)c4n3)n2)cc1Cl. The Kier molecular flexibility index (Phi) is 5.73. The molecule has 0 aliphatic heterocycles. The monoisotopic (exact) mass is 492 g/mol. The van der Waals surface area contributed by atoms with Crippen LogP contribution < -0.4 is 4.74 Å². The number of imidazole rings is 1. The molecule has 3 aromatic heterocycles. The van der Waals surface area contributed by atoms with Crippen molar-refractivity contribution in [2.24, 2.45) is 0 Å². The van der Waals surface area contributed by atoms with Crippen molar-refractivity contribution >= 4 is 40.4 Å². The molecule has 0 spiro atoms. The number of hydrogen-bond donors (Lipinski definition) is 1. The predicted octanol–water partition coefficient (Wildman–Crippen LogP) is 5.40. The van der Waals surface area contributed by atoms with Gasteiger partial charge in [-0.05, 0) is 12.1 Å². The highest BCUT2D eigenvalue weighted by Crippen LogP contribution is 2.37. The first kappa shape index (κ1) is 21.7. The van der Waals surface area contributed by atoms with Crippen LogP contribution in [-0.2, 0) is 6.18 Å². The van der Waals surface area contributed by atoms with Gasteiger partial charge in [0.25, 0.3) is 5.89 Å². The van der Waals surface area contributed by atoms with Crippen LogP contribution in [0.1, 0.15) is 5.56 Å². The maximum Gasteiger partial charge on any atom is 0.417 e. The largest absolute Gasteiger partial charge is 0.490 e. The molecule has 1 aromatic carbocycles. The van der Waals surface area contributed by atoms with Crippen molar-refractivity contribution in [2.75, 3.05) is 13.2 Å². The minimum absolute atomic E-state index is 0.0360. The van der Waals surface area contributed by atoms with Gasteiger partial charge in [-0.25, -0.2) is 4.98 Å². The molecule has 4 rings (SSSR count). The Balaban J connectivity index is 1.70. The van der Waals surface area contributed by atoms with Crippen molar-refractivity contribution in [3.05, 3.63) is 51.2 Å². The number of aromatic nitrogens is 4. The molecule has 3 heterocycles. The summed E-state index contributed by atoms with van der Waals surface area (Å²) in [5.74, 6) is 0.287. The van der Waals surface area contributed by atoms with Gasteiger partial charge in [-0.2, -0.15) is 18.2 Å². The number of hydrogen-bond acceptors (Lipinski definition) is 6. The van der Waals surface area contributed by atoms with E-state index in [0.717, 1.165) is 16.7 Å². The number of rotatable bonds is 5. The Hall–Kier alpha value is -2.53. The predicted molar refractivity (Wildman–Crippen MR) is 107 cm³/mol. The number of nitrogens with zero attached hydrogens (tertiary/aromatic N) is 4. The molecule has 0 fully saturated rings. The van der Waals surface area contributed by atoms with Gasteiger partial charge in [-0.15, -0.1) is 0 Å². The Labute approximate surface area is 186 Å². The van der Waals surface area contributed by atoms with Crippen LogP contribution in [0.15, 0.2) is 35.1 Å². The zero-order valence-electron chi connectivity index (χ0n) is 15.1. The number of aliphatic hydroxyl groups is 1. The molecule has 0 unspecified atom stereocenters. The van der Waals surface area contributed by atoms with E-state index in [9.17, 15) is 13.2 Å². The van der Waals surface area contributed by atoms with Gasteiger partial charge in [0, 0.05) is 24.0 Å². The minimum Gasteiger partial charge on any atom is -0.490 e. The van der Waals surface area contributed by atoms with Gasteiger partial charge in [0.05, 0.1) is 27.2 Å². The second-order valence-corrected chi connectivity index (χ2v) is 7.41. The van der Waals surface area contributed by atoms with E-state index in [4.69, 9.17) is 49.2 Å². The van der Waals surface area contributed by atoms with Gasteiger partial charge in [0.1, 0.15) is 18.1 Å². The highest BCUT2D eigenvalue weighted by molar-refractivity contribution is 6.36. The number of pyridine rings is 1. The standard InChI is InChI=1S/C18H10Cl3F3N4O3/c19-10-5-14(30-2-1-29)11(20)4-9(10)15-26-17(31-27-15)13-7-28-6-8(18(22,23)24)3-12(21)16(28)25-13/h3-7,29H,1-2H2. The van der Waals surface area contributed by atoms with Gasteiger partial charge >= 0.3 is 6.18 Å². The van der Waals surface area contributed by atoms with E-state index >= 15 is 0 Å². The lowest BCUT2D eigenvalue weighted by Crippen LogP contribution is -2.06. The lowest BCUT2D eigenvalue weighted by molar-refractivity contribution is -0.137. The zero-order valence-corrected chi connectivity index (χ0v) is 17.4. The molecule has 0 saturated heterocycles. The zero-order chi connectivity index (χ0) is 22.3. The summed E-state index contributed by atoms with van der Waals surface area (Å²) in [5, 5.41) is 12.9. The second kappa shape index (κ2) is 8.19. The summed E-state index contributed by atoms with van der Waals surface area (Å²) in [6.07, 6.45) is -2.42. The van der Waals surface area contributed by atoms with Crippen LogP contribution >= 0.6 is 34.8 Å². The van der Waals surface area contributed by atoms with Gasteiger partial charge in [0.15, 0.2) is 5.65 Å². The smallest absolute Gasteiger partial charge is 0.417 e. The lowest BCUT2D eigenvalue weighted by Gasteiger charge is -2.08. The topological polar surface area (TPSA) is 85.7 Å². The van der Waals surface area contributed by atoms with Crippen LogP contribution in [0, 0.1) is 0 Å². The molecule has 162 valence electrons. The van der Waals surface area contributed by atoms with Crippen molar-refractivity contribution in [1.82, 2.24) is 19.5 Å². The molecule has 13 heteroatoms. The normalized spacial score (nSPS) is 12.0. The summed E-state index contributed by atoms with van der Waals surface area (Å²) in [4.78, 5) is 8.36. The van der Waals surface area contributed by atoms with Crippen molar-refractivity contribution in [2.45, 2.75) is 6.18 Å². The Bertz CT molecular complexity index is 1270. The number of fused-ring (bicyclic) bond motifs is 1. The molecule has 31 heavy (non-hydrogen) atoms. The van der Waals surface area contributed by atoms with E-state index in [1.54, 1.807) is 0 Å². The summed E-state index contributed by atoms with van der Waals surface area (Å²) in [6.45, 7) is -0.161. The van der Waals surface area contributed by atoms with E-state index in [2.05, 4.69) is 15.1 Å². The fraction of sp³-hybridized carbons (Fsp3) is 0.167. The van der Waals surface area contributed by atoms with Crippen molar-refractivity contribution in [1.29, 1.82) is 0 Å². The number of benzene rings is 1. The first-order valence-corrected chi connectivity index (χ1v) is 9.63. The van der Waals surface area contributed by atoms with Gasteiger partial charge < -0.3 is 18.8 Å². The Morgan fingerprint density at radius 1 is 1.03 bits per heavy atom. The molecule has 0 amide bonds. The van der Waals surface area contributed by atoms with Crippen LogP contribution in [0.4, 0.5) is 13.2 Å². The molecule has 0 radical (unpaired) electrons. The van der Waals surface area contributed by atoms with E-state index in [0.29, 0.717) is 5.56 Å². The number of halogens is 6. The molecule has 7 nitrogen and oxygen atoms in total. The van der Waals surface area contributed by atoms with Crippen LogP contribution in [0.25, 0.3) is 28.6 Å². The Morgan fingerprint density at radius 3 is 2.52 bits per heavy atom. The quantitative estimate of drug-likeness (QED) is 0.401. The first-order valence-electron chi connectivity index (χ1n) is 8.50. The third-order valence-corrected chi connectivity index (χ3v) is 4.98. The van der Waals surface area contributed by atoms with Crippen molar-refractivity contribution in [3.63, 3.8) is 0 Å². The molecule has 0 atom stereocenters. The van der Waals surface area contributed by atoms with Crippen LogP contribution in [0.3, 0.4) is 0 Å². The maximum absolute atomic E-state index is 13.0. The fourth-order valence-electron chi connectivity index (χ4n) is 2.72. The van der Waals surface area contributed by atoms with Crippen LogP contribution in [0.2, 0.25) is 15.1 Å². The summed E-state index contributed by atoms with van der Waals surface area (Å²) < 4.78 is 50.6. The average molecular weight is 494 g/mol.